The Kier molecular flexibility index (Phi) is 8.33. The molecule has 0 radical (unpaired) electrons. The Morgan fingerprint density at radius 1 is 0.508 bits per heavy atom. The van der Waals surface area contributed by atoms with Crippen molar-refractivity contribution in [2.75, 3.05) is 0 Å². The Balaban J connectivity index is 1.18. The maximum atomic E-state index is 11.1. The van der Waals surface area contributed by atoms with Gasteiger partial charge < -0.3 is 9.30 Å². The van der Waals surface area contributed by atoms with E-state index in [0.29, 0.717) is 40.0 Å². The van der Waals surface area contributed by atoms with Crippen LogP contribution >= 0.6 is 0 Å². The van der Waals surface area contributed by atoms with Crippen molar-refractivity contribution in [1.29, 1.82) is 5.26 Å². The summed E-state index contributed by atoms with van der Waals surface area (Å²) in [6, 6.07) is 67.4. The molecule has 8 aromatic carbocycles. The molecule has 10 aromatic rings. The minimum Gasteiger partial charge on any atom is -0.457 e. The van der Waals surface area contributed by atoms with E-state index < -0.39 is 5.41 Å². The topological polar surface area (TPSA) is 81.0 Å². The Morgan fingerprint density at radius 3 is 1.64 bits per heavy atom. The molecule has 0 bridgehead atoms. The molecule has 0 unspecified atom stereocenters. The largest absolute Gasteiger partial charge is 0.457 e. The number of ether oxygens (including phenoxy) is 1. The van der Waals surface area contributed by atoms with Gasteiger partial charge in [-0.1, -0.05) is 158 Å². The predicted molar refractivity (Wildman–Crippen MR) is 240 cm³/mol. The van der Waals surface area contributed by atoms with E-state index in [4.69, 9.17) is 26.3 Å². The number of nitrogens with zero attached hydrogens (tertiary/aromatic N) is 6. The monoisotopic (exact) mass is 780 g/mol. The van der Waals surface area contributed by atoms with Crippen molar-refractivity contribution >= 4 is 27.5 Å². The highest BCUT2D eigenvalue weighted by molar-refractivity contribution is 6.10. The zero-order valence-electron chi connectivity index (χ0n) is 32.6. The summed E-state index contributed by atoms with van der Waals surface area (Å²) >= 11 is 0. The summed E-state index contributed by atoms with van der Waals surface area (Å²) in [7, 11) is 0. The zero-order chi connectivity index (χ0) is 40.9. The highest BCUT2D eigenvalue weighted by atomic mass is 16.5. The van der Waals surface area contributed by atoms with Crippen molar-refractivity contribution in [2.24, 2.45) is 0 Å². The summed E-state index contributed by atoms with van der Waals surface area (Å²) in [5.41, 5.74) is 8.43. The van der Waals surface area contributed by atoms with Gasteiger partial charge in [-0.25, -0.2) is 19.8 Å². The molecule has 0 atom stereocenters. The molecule has 0 aliphatic carbocycles. The number of rotatable bonds is 6. The smallest absolute Gasteiger partial charge is 0.212 e. The first kappa shape index (κ1) is 35.5. The molecule has 284 valence electrons. The summed E-state index contributed by atoms with van der Waals surface area (Å²) < 4.78 is 8.67. The average molecular weight is 781 g/mol. The minimum absolute atomic E-state index is 0.296. The SMILES string of the molecule is [C-]#[N+]c1cc(-c2nc(-c3ccccc3)nc(-c3ccccc3)n2)cc(C#N)c1-n1c2ccccc2c2ccc(C3(c4ccccc4)c4ccccc4Oc4ccccc43)cc21. The van der Waals surface area contributed by atoms with Crippen LogP contribution in [0.5, 0.6) is 11.5 Å². The van der Waals surface area contributed by atoms with Gasteiger partial charge in [-0.05, 0) is 47.5 Å². The van der Waals surface area contributed by atoms with Crippen LogP contribution in [0.3, 0.4) is 0 Å². The maximum absolute atomic E-state index is 11.1. The van der Waals surface area contributed by atoms with Gasteiger partial charge in [-0.2, -0.15) is 5.26 Å². The minimum atomic E-state index is -0.766. The van der Waals surface area contributed by atoms with E-state index in [9.17, 15) is 5.26 Å². The standard InChI is InChI=1S/C54H32N6O/c1-56-45-32-37(53-58-51(35-17-5-2-6-18-35)57-52(59-53)36-19-7-3-8-20-36)31-38(34-55)50(45)60-46-26-14-11-23-41(46)42-30-29-40(33-47(42)60)54(39-21-9-4-10-22-39)43-24-12-15-27-48(43)61-49-28-16-13-25-44(49)54/h2-33H. The molecule has 11 rings (SSSR count). The normalized spacial score (nSPS) is 12.5. The van der Waals surface area contributed by atoms with E-state index in [-0.39, 0.29) is 0 Å². The molecule has 7 nitrogen and oxygen atoms in total. The summed E-state index contributed by atoms with van der Waals surface area (Å²) in [4.78, 5) is 18.8. The van der Waals surface area contributed by atoms with Gasteiger partial charge in [0.2, 0.25) is 5.69 Å². The van der Waals surface area contributed by atoms with Crippen molar-refractivity contribution in [2.45, 2.75) is 5.41 Å². The van der Waals surface area contributed by atoms with E-state index in [1.165, 1.54) is 0 Å². The molecule has 0 N–H and O–H groups in total. The maximum Gasteiger partial charge on any atom is 0.212 e. The first-order valence-corrected chi connectivity index (χ1v) is 19.9. The van der Waals surface area contributed by atoms with Crippen LogP contribution in [0.1, 0.15) is 27.8 Å². The average Bonchev–Trinajstić information content (AvgIpc) is 3.66. The second-order valence-corrected chi connectivity index (χ2v) is 14.9. The number of hydrogen-bond acceptors (Lipinski definition) is 5. The van der Waals surface area contributed by atoms with Gasteiger partial charge in [0.15, 0.2) is 17.5 Å². The van der Waals surface area contributed by atoms with Crippen LogP contribution in [0.2, 0.25) is 0 Å². The van der Waals surface area contributed by atoms with Gasteiger partial charge in [0.05, 0.1) is 40.3 Å². The molecular formula is C54H32N6O. The Morgan fingerprint density at radius 2 is 1.03 bits per heavy atom. The first-order valence-electron chi connectivity index (χ1n) is 19.9. The van der Waals surface area contributed by atoms with Gasteiger partial charge in [0, 0.05) is 38.6 Å². The molecule has 61 heavy (non-hydrogen) atoms. The summed E-state index contributed by atoms with van der Waals surface area (Å²) in [6.45, 7) is 8.63. The lowest BCUT2D eigenvalue weighted by Gasteiger charge is -2.41. The number of para-hydroxylation sites is 3. The summed E-state index contributed by atoms with van der Waals surface area (Å²) in [5.74, 6) is 2.93. The van der Waals surface area contributed by atoms with Crippen LogP contribution in [0, 0.1) is 17.9 Å². The van der Waals surface area contributed by atoms with E-state index >= 15 is 0 Å². The van der Waals surface area contributed by atoms with E-state index in [0.717, 1.165) is 66.7 Å². The van der Waals surface area contributed by atoms with Gasteiger partial charge in [-0.3, -0.25) is 0 Å². The lowest BCUT2D eigenvalue weighted by molar-refractivity contribution is 0.434. The second-order valence-electron chi connectivity index (χ2n) is 14.9. The summed E-state index contributed by atoms with van der Waals surface area (Å²) in [6.07, 6.45) is 0. The number of aromatic nitrogens is 4. The van der Waals surface area contributed by atoms with Gasteiger partial charge >= 0.3 is 0 Å². The van der Waals surface area contributed by atoms with E-state index in [1.54, 1.807) is 12.1 Å². The molecular weight excluding hydrogens is 749 g/mol. The van der Waals surface area contributed by atoms with E-state index in [2.05, 4.69) is 88.3 Å². The van der Waals surface area contributed by atoms with Crippen molar-refractivity contribution in [1.82, 2.24) is 19.5 Å². The number of nitriles is 1. The molecule has 2 aromatic heterocycles. The molecule has 1 aliphatic rings. The molecule has 1 aliphatic heterocycles. The van der Waals surface area contributed by atoms with Crippen LogP contribution in [-0.2, 0) is 5.41 Å². The molecule has 7 heteroatoms. The highest BCUT2D eigenvalue weighted by Crippen LogP contribution is 2.56. The highest BCUT2D eigenvalue weighted by Gasteiger charge is 2.45. The lowest BCUT2D eigenvalue weighted by Crippen LogP contribution is -2.34. The first-order chi connectivity index (χ1) is 30.1. The lowest BCUT2D eigenvalue weighted by atomic mass is 9.63. The summed E-state index contributed by atoms with van der Waals surface area (Å²) in [5, 5.41) is 13.1. The molecule has 0 amide bonds. The third-order valence-electron chi connectivity index (χ3n) is 11.6. The fourth-order valence-corrected chi connectivity index (χ4v) is 9.01. The van der Waals surface area contributed by atoms with Crippen LogP contribution in [0.25, 0.3) is 66.5 Å². The van der Waals surface area contributed by atoms with Crippen LogP contribution in [0.4, 0.5) is 5.69 Å². The van der Waals surface area contributed by atoms with Crippen LogP contribution < -0.4 is 4.74 Å². The Labute approximate surface area is 351 Å². The van der Waals surface area contributed by atoms with Crippen LogP contribution in [-0.4, -0.2) is 19.5 Å². The van der Waals surface area contributed by atoms with Crippen molar-refractivity contribution < 1.29 is 4.74 Å². The third-order valence-corrected chi connectivity index (χ3v) is 11.6. The molecule has 0 spiro atoms. The van der Waals surface area contributed by atoms with Gasteiger partial charge in [0.25, 0.3) is 0 Å². The van der Waals surface area contributed by atoms with Crippen molar-refractivity contribution in [3.05, 3.63) is 233 Å². The molecule has 0 fully saturated rings. The quantitative estimate of drug-likeness (QED) is 0.157. The molecule has 3 heterocycles. The molecule has 0 saturated carbocycles. The van der Waals surface area contributed by atoms with Crippen molar-refractivity contribution in [3.8, 4) is 57.4 Å². The Bertz CT molecular complexity index is 3280. The third kappa shape index (κ3) is 5.61. The van der Waals surface area contributed by atoms with Crippen molar-refractivity contribution in [3.63, 3.8) is 0 Å². The molecule has 0 saturated heterocycles. The predicted octanol–water partition coefficient (Wildman–Crippen LogP) is 12.9. The second kappa shape index (κ2) is 14.3. The zero-order valence-corrected chi connectivity index (χ0v) is 32.6. The number of hydrogen-bond donors (Lipinski definition) is 0. The van der Waals surface area contributed by atoms with Gasteiger partial charge in [-0.15, -0.1) is 0 Å². The Hall–Kier alpha value is -8.65. The fraction of sp³-hybridized carbons (Fsp3) is 0.0185. The van der Waals surface area contributed by atoms with Crippen LogP contribution in [0.15, 0.2) is 194 Å². The van der Waals surface area contributed by atoms with Gasteiger partial charge in [0.1, 0.15) is 11.5 Å². The fourth-order valence-electron chi connectivity index (χ4n) is 9.01. The van der Waals surface area contributed by atoms with E-state index in [1.807, 2.05) is 109 Å². The number of benzene rings is 8. The number of fused-ring (bicyclic) bond motifs is 5.